The van der Waals surface area contributed by atoms with Gasteiger partial charge in [0, 0.05) is 29.7 Å². The van der Waals surface area contributed by atoms with Crippen molar-refractivity contribution in [2.24, 2.45) is 0 Å². The van der Waals surface area contributed by atoms with Crippen molar-refractivity contribution in [3.63, 3.8) is 0 Å². The molecular formula is C16H15F5N4O2S. The molecule has 1 aromatic carbocycles. The van der Waals surface area contributed by atoms with Crippen LogP contribution in [0, 0.1) is 5.41 Å². The standard InChI is InChI=1S/C16H15F5N4O2S/c1-8-13(25(8)27-28-2)15(26)24-10-5-3-9(4-6-10)23-11(14(17)18)7-12(22)16(19,20)21/h3-7,14,22-23H,1-2H3,(H,24,26)/b11-7-,22-12?. The highest BCUT2D eigenvalue weighted by molar-refractivity contribution is 7.93. The van der Waals surface area contributed by atoms with Gasteiger partial charge < -0.3 is 10.6 Å². The summed E-state index contributed by atoms with van der Waals surface area (Å²) in [5, 5.41) is 12.9. The van der Waals surface area contributed by atoms with E-state index in [1.165, 1.54) is 29.3 Å². The Balaban J connectivity index is 2.03. The summed E-state index contributed by atoms with van der Waals surface area (Å²) in [5.74, 6) is -0.431. The molecule has 12 heteroatoms. The Labute approximate surface area is 161 Å². The van der Waals surface area contributed by atoms with Crippen LogP contribution in [0.5, 0.6) is 0 Å². The summed E-state index contributed by atoms with van der Waals surface area (Å²) in [7, 11) is 0. The molecule has 1 amide bonds. The first kappa shape index (κ1) is 21.7. The van der Waals surface area contributed by atoms with Crippen LogP contribution >= 0.6 is 12.0 Å². The van der Waals surface area contributed by atoms with Crippen LogP contribution in [0.2, 0.25) is 0 Å². The topological polar surface area (TPSA) is 77.2 Å². The average Bonchev–Trinajstić information content (AvgIpc) is 3.24. The number of nitrogens with zero attached hydrogens (tertiary/aromatic N) is 1. The highest BCUT2D eigenvalue weighted by Crippen LogP contribution is 2.34. The van der Waals surface area contributed by atoms with E-state index in [0.29, 0.717) is 17.1 Å². The van der Waals surface area contributed by atoms with Crippen molar-refractivity contribution in [1.29, 1.82) is 5.41 Å². The van der Waals surface area contributed by atoms with Crippen LogP contribution in [-0.2, 0) is 9.08 Å². The number of rotatable bonds is 8. The molecule has 0 atom stereocenters. The summed E-state index contributed by atoms with van der Waals surface area (Å²) < 4.78 is 68.1. The summed E-state index contributed by atoms with van der Waals surface area (Å²) >= 11 is 1.06. The molecule has 3 N–H and O–H groups in total. The maximum atomic E-state index is 12.9. The van der Waals surface area contributed by atoms with Gasteiger partial charge in [-0.1, -0.05) is 0 Å². The molecule has 0 saturated carbocycles. The molecule has 0 aliphatic carbocycles. The molecule has 0 bridgehead atoms. The van der Waals surface area contributed by atoms with E-state index in [2.05, 4.69) is 10.6 Å². The number of alkyl halides is 5. The fourth-order valence-corrected chi connectivity index (χ4v) is 2.37. The van der Waals surface area contributed by atoms with Gasteiger partial charge in [-0.25, -0.2) is 13.8 Å². The molecular weight excluding hydrogens is 407 g/mol. The van der Waals surface area contributed by atoms with Gasteiger partial charge in [-0.05, 0) is 37.3 Å². The Morgan fingerprint density at radius 3 is 2.21 bits per heavy atom. The number of carbonyl (C=O) groups is 1. The second-order valence-electron chi connectivity index (χ2n) is 5.44. The lowest BCUT2D eigenvalue weighted by atomic mass is 10.2. The number of benzene rings is 1. The van der Waals surface area contributed by atoms with E-state index in [9.17, 15) is 26.7 Å². The molecule has 1 aliphatic heterocycles. The van der Waals surface area contributed by atoms with Gasteiger partial charge in [0.1, 0.15) is 5.71 Å². The monoisotopic (exact) mass is 422 g/mol. The molecule has 2 rings (SSSR count). The van der Waals surface area contributed by atoms with Crippen molar-refractivity contribution >= 4 is 35.0 Å². The minimum Gasteiger partial charge on any atom is -0.354 e. The second kappa shape index (κ2) is 8.61. The molecule has 1 aliphatic rings. The molecule has 0 saturated heterocycles. The maximum absolute atomic E-state index is 12.9. The largest absolute Gasteiger partial charge is 0.432 e. The molecule has 1 aromatic rings. The predicted octanol–water partition coefficient (Wildman–Crippen LogP) is 4.52. The Morgan fingerprint density at radius 1 is 1.21 bits per heavy atom. The van der Waals surface area contributed by atoms with Gasteiger partial charge in [0.25, 0.3) is 12.3 Å². The van der Waals surface area contributed by atoms with E-state index in [0.717, 1.165) is 12.0 Å². The Kier molecular flexibility index (Phi) is 6.67. The van der Waals surface area contributed by atoms with Crippen LogP contribution in [0.25, 0.3) is 0 Å². The number of hydrogen-bond donors (Lipinski definition) is 3. The number of carbonyl (C=O) groups excluding carboxylic acids is 1. The molecule has 6 nitrogen and oxygen atoms in total. The van der Waals surface area contributed by atoms with Crippen LogP contribution in [0.15, 0.2) is 47.4 Å². The van der Waals surface area contributed by atoms with Crippen molar-refractivity contribution in [1.82, 2.24) is 5.06 Å². The van der Waals surface area contributed by atoms with E-state index in [4.69, 9.17) is 9.69 Å². The lowest BCUT2D eigenvalue weighted by Crippen LogP contribution is -2.22. The first-order chi connectivity index (χ1) is 13.0. The Morgan fingerprint density at radius 2 is 1.75 bits per heavy atom. The SMILES string of the molecule is CSON1C(C)=C1C(=O)Nc1ccc(N/C(=C\C(=N)C(F)(F)F)C(F)F)cc1. The lowest BCUT2D eigenvalue weighted by molar-refractivity contribution is -0.114. The quantitative estimate of drug-likeness (QED) is 0.326. The number of nitrogens with one attached hydrogen (secondary N) is 3. The van der Waals surface area contributed by atoms with Crippen LogP contribution in [0.3, 0.4) is 0 Å². The minimum absolute atomic E-state index is 0.0308. The lowest BCUT2D eigenvalue weighted by Gasteiger charge is -2.12. The molecule has 0 unspecified atom stereocenters. The zero-order valence-corrected chi connectivity index (χ0v) is 15.3. The van der Waals surface area contributed by atoms with Crippen LogP contribution < -0.4 is 10.6 Å². The van der Waals surface area contributed by atoms with Gasteiger partial charge in [-0.3, -0.25) is 10.2 Å². The van der Waals surface area contributed by atoms with Crippen molar-refractivity contribution in [2.45, 2.75) is 19.5 Å². The first-order valence-electron chi connectivity index (χ1n) is 7.60. The minimum atomic E-state index is -5.03. The molecule has 0 radical (unpaired) electrons. The Bertz CT molecular complexity index is 821. The molecule has 152 valence electrons. The van der Waals surface area contributed by atoms with Gasteiger partial charge >= 0.3 is 6.18 Å². The normalized spacial score (nSPS) is 14.4. The third kappa shape index (κ3) is 5.45. The van der Waals surface area contributed by atoms with Gasteiger partial charge in [0.15, 0.2) is 5.70 Å². The number of anilines is 2. The van der Waals surface area contributed by atoms with Crippen molar-refractivity contribution < 1.29 is 31.0 Å². The Hall–Kier alpha value is -2.60. The first-order valence-corrected chi connectivity index (χ1v) is 8.75. The highest BCUT2D eigenvalue weighted by atomic mass is 32.2. The third-order valence-electron chi connectivity index (χ3n) is 3.44. The van der Waals surface area contributed by atoms with E-state index in [-0.39, 0.29) is 11.8 Å². The van der Waals surface area contributed by atoms with Crippen LogP contribution in [-0.4, -0.2) is 35.5 Å². The fraction of sp³-hybridized carbons (Fsp3) is 0.250. The van der Waals surface area contributed by atoms with Gasteiger partial charge in [-0.2, -0.15) is 17.5 Å². The average molecular weight is 422 g/mol. The third-order valence-corrected chi connectivity index (χ3v) is 3.73. The van der Waals surface area contributed by atoms with Gasteiger partial charge in [0.2, 0.25) is 0 Å². The number of hydrogen-bond acceptors (Lipinski definition) is 6. The van der Waals surface area contributed by atoms with E-state index < -0.39 is 29.9 Å². The molecule has 1 heterocycles. The summed E-state index contributed by atoms with van der Waals surface area (Å²) in [4.78, 5) is 12.1. The van der Waals surface area contributed by atoms with Gasteiger partial charge in [-0.15, -0.1) is 0 Å². The summed E-state index contributed by atoms with van der Waals surface area (Å²) in [6.07, 6.45) is -6.55. The number of hydroxylamine groups is 2. The fourth-order valence-electron chi connectivity index (χ4n) is 2.04. The number of amides is 1. The van der Waals surface area contributed by atoms with Crippen molar-refractivity contribution in [3.8, 4) is 0 Å². The molecule has 0 fully saturated rings. The summed E-state index contributed by atoms with van der Waals surface area (Å²) in [6, 6.07) is 5.37. The molecule has 0 spiro atoms. The van der Waals surface area contributed by atoms with E-state index >= 15 is 0 Å². The maximum Gasteiger partial charge on any atom is 0.432 e. The molecule has 28 heavy (non-hydrogen) atoms. The molecule has 0 aromatic heterocycles. The van der Waals surface area contributed by atoms with Crippen molar-refractivity contribution in [2.75, 3.05) is 16.9 Å². The predicted molar refractivity (Wildman–Crippen MR) is 95.7 cm³/mol. The second-order valence-corrected chi connectivity index (χ2v) is 5.92. The van der Waals surface area contributed by atoms with E-state index in [1.54, 1.807) is 13.2 Å². The van der Waals surface area contributed by atoms with Crippen molar-refractivity contribution in [3.05, 3.63) is 47.4 Å². The zero-order valence-electron chi connectivity index (χ0n) is 14.5. The summed E-state index contributed by atoms with van der Waals surface area (Å²) in [5.41, 5.74) is -1.58. The van der Waals surface area contributed by atoms with Crippen LogP contribution in [0.1, 0.15) is 6.92 Å². The smallest absolute Gasteiger partial charge is 0.354 e. The number of allylic oxidation sites excluding steroid dienone is 3. The summed E-state index contributed by atoms with van der Waals surface area (Å²) in [6.45, 7) is 1.69. The highest BCUT2D eigenvalue weighted by Gasteiger charge is 2.37. The van der Waals surface area contributed by atoms with Gasteiger partial charge in [0.05, 0.1) is 11.4 Å². The number of halogens is 5. The van der Waals surface area contributed by atoms with E-state index in [1.807, 2.05) is 0 Å². The van der Waals surface area contributed by atoms with Crippen LogP contribution in [0.4, 0.5) is 33.3 Å². The zero-order chi connectivity index (χ0) is 21.1.